The van der Waals surface area contributed by atoms with Crippen LogP contribution in [0.25, 0.3) is 0 Å². The number of nitrogens with one attached hydrogen (secondary N) is 1. The topological polar surface area (TPSA) is 110 Å². The number of nitro groups is 1. The third kappa shape index (κ3) is 3.92. The van der Waals surface area contributed by atoms with Crippen molar-refractivity contribution in [3.63, 3.8) is 0 Å². The smallest absolute Gasteiger partial charge is 0.326 e. The molecule has 0 radical (unpaired) electrons. The van der Waals surface area contributed by atoms with Crippen molar-refractivity contribution in [3.8, 4) is 0 Å². The van der Waals surface area contributed by atoms with Crippen LogP contribution in [0.4, 0.5) is 5.69 Å². The van der Waals surface area contributed by atoms with E-state index in [0.717, 1.165) is 6.07 Å². The number of nitrogens with zero attached hydrogens (tertiary/aromatic N) is 1. The summed E-state index contributed by atoms with van der Waals surface area (Å²) in [6.45, 7) is 1.77. The molecule has 1 aromatic rings. The van der Waals surface area contributed by atoms with E-state index in [9.17, 15) is 19.7 Å². The molecule has 7 nitrogen and oxygen atoms in total. The third-order valence-electron chi connectivity index (χ3n) is 2.58. The van der Waals surface area contributed by atoms with Gasteiger partial charge in [-0.15, -0.1) is 0 Å². The number of hydrogen-bond donors (Lipinski definition) is 2. The Kier molecular flexibility index (Phi) is 5.45. The summed E-state index contributed by atoms with van der Waals surface area (Å²) < 4.78 is 0. The molecule has 1 atom stereocenters. The molecule has 0 bridgehead atoms. The number of rotatable bonds is 6. The predicted octanol–water partition coefficient (Wildman–Crippen LogP) is 2.23. The molecule has 8 heteroatoms. The molecule has 0 saturated heterocycles. The number of halogens is 1. The minimum absolute atomic E-state index is 0.122. The van der Waals surface area contributed by atoms with E-state index in [-0.39, 0.29) is 17.0 Å². The largest absolute Gasteiger partial charge is 0.480 e. The van der Waals surface area contributed by atoms with Crippen molar-refractivity contribution >= 4 is 29.2 Å². The summed E-state index contributed by atoms with van der Waals surface area (Å²) in [5, 5.41) is 22.2. The Morgan fingerprint density at radius 2 is 2.15 bits per heavy atom. The minimum atomic E-state index is -1.18. The van der Waals surface area contributed by atoms with Gasteiger partial charge in [-0.05, 0) is 18.6 Å². The SMILES string of the molecule is CCC[C@H](NC(=O)c1ccc(Cl)cc1[N+](=O)[O-])C(=O)O. The lowest BCUT2D eigenvalue weighted by Crippen LogP contribution is -2.40. The molecule has 0 heterocycles. The highest BCUT2D eigenvalue weighted by Crippen LogP contribution is 2.23. The molecule has 1 aromatic carbocycles. The van der Waals surface area contributed by atoms with Crippen molar-refractivity contribution in [2.45, 2.75) is 25.8 Å². The number of carbonyl (C=O) groups is 2. The molecule has 2 N–H and O–H groups in total. The van der Waals surface area contributed by atoms with Crippen LogP contribution >= 0.6 is 11.6 Å². The van der Waals surface area contributed by atoms with Crippen molar-refractivity contribution < 1.29 is 19.6 Å². The first-order valence-electron chi connectivity index (χ1n) is 5.84. The van der Waals surface area contributed by atoms with Gasteiger partial charge >= 0.3 is 5.97 Å². The quantitative estimate of drug-likeness (QED) is 0.618. The van der Waals surface area contributed by atoms with Crippen molar-refractivity contribution in [1.29, 1.82) is 0 Å². The summed E-state index contributed by atoms with van der Waals surface area (Å²) >= 11 is 5.64. The molecule has 0 spiro atoms. The van der Waals surface area contributed by atoms with Crippen LogP contribution in [0.2, 0.25) is 5.02 Å². The predicted molar refractivity (Wildman–Crippen MR) is 71.9 cm³/mol. The lowest BCUT2D eigenvalue weighted by molar-refractivity contribution is -0.385. The second kappa shape index (κ2) is 6.85. The maximum absolute atomic E-state index is 11.9. The van der Waals surface area contributed by atoms with Crippen LogP contribution in [-0.2, 0) is 4.79 Å². The van der Waals surface area contributed by atoms with Gasteiger partial charge in [0.15, 0.2) is 0 Å². The monoisotopic (exact) mass is 300 g/mol. The van der Waals surface area contributed by atoms with Gasteiger partial charge in [0.25, 0.3) is 11.6 Å². The zero-order valence-electron chi connectivity index (χ0n) is 10.6. The summed E-state index contributed by atoms with van der Waals surface area (Å²) in [5.74, 6) is -1.99. The van der Waals surface area contributed by atoms with Gasteiger partial charge in [0.2, 0.25) is 0 Å². The first-order valence-corrected chi connectivity index (χ1v) is 6.22. The van der Waals surface area contributed by atoms with E-state index in [2.05, 4.69) is 5.32 Å². The molecule has 0 aliphatic carbocycles. The fraction of sp³-hybridized carbons (Fsp3) is 0.333. The van der Waals surface area contributed by atoms with E-state index >= 15 is 0 Å². The normalized spacial score (nSPS) is 11.7. The molecule has 0 aromatic heterocycles. The molecule has 1 rings (SSSR count). The van der Waals surface area contributed by atoms with Gasteiger partial charge in [-0.2, -0.15) is 0 Å². The van der Waals surface area contributed by atoms with E-state index in [0.29, 0.717) is 6.42 Å². The number of benzene rings is 1. The molecule has 0 saturated carbocycles. The van der Waals surface area contributed by atoms with Crippen LogP contribution in [0, 0.1) is 10.1 Å². The van der Waals surface area contributed by atoms with Gasteiger partial charge in [0.05, 0.1) is 4.92 Å². The molecule has 1 amide bonds. The van der Waals surface area contributed by atoms with Crippen LogP contribution in [0.3, 0.4) is 0 Å². The fourth-order valence-electron chi connectivity index (χ4n) is 1.63. The van der Waals surface area contributed by atoms with Crippen molar-refractivity contribution in [1.82, 2.24) is 5.32 Å². The lowest BCUT2D eigenvalue weighted by Gasteiger charge is -2.13. The first kappa shape index (κ1) is 15.9. The van der Waals surface area contributed by atoms with Gasteiger partial charge in [-0.1, -0.05) is 24.9 Å². The lowest BCUT2D eigenvalue weighted by atomic mass is 10.1. The first-order chi connectivity index (χ1) is 9.36. The average molecular weight is 301 g/mol. The maximum Gasteiger partial charge on any atom is 0.326 e. The third-order valence-corrected chi connectivity index (χ3v) is 2.82. The summed E-state index contributed by atoms with van der Waals surface area (Å²) in [6.07, 6.45) is 0.794. The zero-order chi connectivity index (χ0) is 15.3. The number of carboxylic acid groups (broad SMARTS) is 1. The summed E-state index contributed by atoms with van der Waals surface area (Å²) in [4.78, 5) is 33.0. The van der Waals surface area contributed by atoms with Gasteiger partial charge in [-0.25, -0.2) is 4.79 Å². The van der Waals surface area contributed by atoms with Crippen LogP contribution in [0.1, 0.15) is 30.1 Å². The van der Waals surface area contributed by atoms with E-state index in [1.807, 2.05) is 0 Å². The van der Waals surface area contributed by atoms with Gasteiger partial charge in [0.1, 0.15) is 11.6 Å². The average Bonchev–Trinajstić information content (AvgIpc) is 2.37. The van der Waals surface area contributed by atoms with E-state index in [1.54, 1.807) is 6.92 Å². The number of aliphatic carboxylic acids is 1. The Labute approximate surface area is 119 Å². The Bertz CT molecular complexity index is 547. The molecule has 20 heavy (non-hydrogen) atoms. The zero-order valence-corrected chi connectivity index (χ0v) is 11.4. The Balaban J connectivity index is 3.03. The Morgan fingerprint density at radius 1 is 1.50 bits per heavy atom. The highest BCUT2D eigenvalue weighted by atomic mass is 35.5. The second-order valence-electron chi connectivity index (χ2n) is 4.07. The minimum Gasteiger partial charge on any atom is -0.480 e. The number of carbonyl (C=O) groups excluding carboxylic acids is 1. The Hall–Kier alpha value is -2.15. The molecular formula is C12H13ClN2O5. The number of carboxylic acids is 1. The van der Waals surface area contributed by atoms with E-state index in [4.69, 9.17) is 16.7 Å². The van der Waals surface area contributed by atoms with E-state index in [1.165, 1.54) is 12.1 Å². The van der Waals surface area contributed by atoms with Crippen molar-refractivity contribution in [2.75, 3.05) is 0 Å². The highest BCUT2D eigenvalue weighted by molar-refractivity contribution is 6.31. The van der Waals surface area contributed by atoms with Crippen molar-refractivity contribution in [2.24, 2.45) is 0 Å². The van der Waals surface area contributed by atoms with E-state index < -0.39 is 28.5 Å². The molecular weight excluding hydrogens is 288 g/mol. The number of amides is 1. The summed E-state index contributed by atoms with van der Waals surface area (Å²) in [5.41, 5.74) is -0.683. The van der Waals surface area contributed by atoms with Crippen LogP contribution in [0.15, 0.2) is 18.2 Å². The fourth-order valence-corrected chi connectivity index (χ4v) is 1.80. The van der Waals surface area contributed by atoms with Crippen molar-refractivity contribution in [3.05, 3.63) is 38.9 Å². The number of nitro benzene ring substituents is 1. The molecule has 0 aliphatic rings. The standard InChI is InChI=1S/C12H13ClN2O5/c1-2-3-9(12(17)18)14-11(16)8-5-4-7(13)6-10(8)15(19)20/h4-6,9H,2-3H2,1H3,(H,14,16)(H,17,18)/t9-/m0/s1. The van der Waals surface area contributed by atoms with Gasteiger partial charge in [0, 0.05) is 11.1 Å². The second-order valence-corrected chi connectivity index (χ2v) is 4.51. The molecule has 0 aliphatic heterocycles. The van der Waals surface area contributed by atoms with Gasteiger partial charge in [-0.3, -0.25) is 14.9 Å². The molecule has 0 fully saturated rings. The van der Waals surface area contributed by atoms with Crippen LogP contribution in [0.5, 0.6) is 0 Å². The summed E-state index contributed by atoms with van der Waals surface area (Å²) in [7, 11) is 0. The van der Waals surface area contributed by atoms with Gasteiger partial charge < -0.3 is 10.4 Å². The van der Waals surface area contributed by atoms with Crippen LogP contribution in [-0.4, -0.2) is 27.9 Å². The highest BCUT2D eigenvalue weighted by Gasteiger charge is 2.25. The van der Waals surface area contributed by atoms with Crippen LogP contribution < -0.4 is 5.32 Å². The maximum atomic E-state index is 11.9. The number of hydrogen-bond acceptors (Lipinski definition) is 4. The molecule has 108 valence electrons. The molecule has 0 unspecified atom stereocenters. The Morgan fingerprint density at radius 3 is 2.65 bits per heavy atom. The summed E-state index contributed by atoms with van der Waals surface area (Å²) in [6, 6.07) is 2.49.